The monoisotopic (exact) mass is 234 g/mol. The number of aliphatic hydroxyl groups excluding tert-OH is 1. The zero-order valence-corrected chi connectivity index (χ0v) is 10.0. The van der Waals surface area contributed by atoms with E-state index in [0.717, 1.165) is 18.4 Å². The molecule has 0 bridgehead atoms. The Kier molecular flexibility index (Phi) is 3.33. The van der Waals surface area contributed by atoms with E-state index >= 15 is 0 Å². The summed E-state index contributed by atoms with van der Waals surface area (Å²) >= 11 is 0. The minimum absolute atomic E-state index is 0.0425. The Balaban J connectivity index is 2.18. The Morgan fingerprint density at radius 2 is 2.24 bits per heavy atom. The third-order valence-electron chi connectivity index (χ3n) is 3.03. The fourth-order valence-corrected chi connectivity index (χ4v) is 2.26. The number of nitrogens with two attached hydrogens (primary N) is 1. The number of piperidine rings is 1. The molecule has 0 spiro atoms. The number of nitrogen functional groups attached to an aromatic ring is 1. The van der Waals surface area contributed by atoms with Gasteiger partial charge in [0.25, 0.3) is 5.91 Å². The lowest BCUT2D eigenvalue weighted by Crippen LogP contribution is -2.42. The van der Waals surface area contributed by atoms with Crippen molar-refractivity contribution in [2.45, 2.75) is 25.9 Å². The number of hydrogen-bond acceptors (Lipinski definition) is 3. The number of aliphatic hydroxyl groups is 1. The molecule has 0 saturated carbocycles. The maximum Gasteiger partial charge on any atom is 0.254 e. The molecular weight excluding hydrogens is 216 g/mol. The average Bonchev–Trinajstić information content (AvgIpc) is 2.26. The number of nitrogens with zero attached hydrogens (tertiary/aromatic N) is 1. The lowest BCUT2D eigenvalue weighted by atomic mass is 10.1. The molecule has 1 amide bonds. The highest BCUT2D eigenvalue weighted by Crippen LogP contribution is 2.17. The summed E-state index contributed by atoms with van der Waals surface area (Å²) in [5.74, 6) is -0.0425. The van der Waals surface area contributed by atoms with Crippen LogP contribution in [0.2, 0.25) is 0 Å². The highest BCUT2D eigenvalue weighted by Gasteiger charge is 2.23. The first-order valence-electron chi connectivity index (χ1n) is 5.91. The minimum Gasteiger partial charge on any atom is -0.399 e. The quantitative estimate of drug-likeness (QED) is 0.717. The summed E-state index contributed by atoms with van der Waals surface area (Å²) in [6.45, 7) is 3.05. The van der Waals surface area contributed by atoms with Crippen LogP contribution in [0.4, 0.5) is 5.69 Å². The standard InChI is InChI=1S/C13H18N2O2/c1-9-5-10(7-11(14)6-9)13(17)15-4-2-3-12(16)8-15/h5-7,12,16H,2-4,8,14H2,1H3/t12-/m0/s1. The fourth-order valence-electron chi connectivity index (χ4n) is 2.26. The lowest BCUT2D eigenvalue weighted by molar-refractivity contribution is 0.0474. The number of β-amino-alcohol motifs (C(OH)–C–C–N with tert-alkyl or cyclic N) is 1. The molecule has 0 aliphatic carbocycles. The van der Waals surface area contributed by atoms with Crippen LogP contribution in [0.1, 0.15) is 28.8 Å². The summed E-state index contributed by atoms with van der Waals surface area (Å²) in [5.41, 5.74) is 7.92. The third kappa shape index (κ3) is 2.77. The lowest BCUT2D eigenvalue weighted by Gasteiger charge is -2.30. The van der Waals surface area contributed by atoms with Gasteiger partial charge in [0.2, 0.25) is 0 Å². The Labute approximate surface area is 101 Å². The normalized spacial score (nSPS) is 20.4. The highest BCUT2D eigenvalue weighted by atomic mass is 16.3. The van der Waals surface area contributed by atoms with Gasteiger partial charge in [-0.3, -0.25) is 4.79 Å². The number of aryl methyl sites for hydroxylation is 1. The van der Waals surface area contributed by atoms with E-state index in [1.54, 1.807) is 11.0 Å². The molecule has 17 heavy (non-hydrogen) atoms. The number of carbonyl (C=O) groups is 1. The van der Waals surface area contributed by atoms with Crippen LogP contribution in [0.25, 0.3) is 0 Å². The highest BCUT2D eigenvalue weighted by molar-refractivity contribution is 5.95. The second kappa shape index (κ2) is 4.75. The summed E-state index contributed by atoms with van der Waals surface area (Å²) in [6.07, 6.45) is 1.24. The zero-order chi connectivity index (χ0) is 12.4. The summed E-state index contributed by atoms with van der Waals surface area (Å²) in [5, 5.41) is 9.57. The zero-order valence-electron chi connectivity index (χ0n) is 10.0. The average molecular weight is 234 g/mol. The van der Waals surface area contributed by atoms with Crippen LogP contribution in [0.3, 0.4) is 0 Å². The molecule has 1 aliphatic heterocycles. The molecule has 0 aromatic heterocycles. The molecule has 0 unspecified atom stereocenters. The largest absolute Gasteiger partial charge is 0.399 e. The van der Waals surface area contributed by atoms with Crippen molar-refractivity contribution in [1.82, 2.24) is 4.90 Å². The maximum atomic E-state index is 12.2. The van der Waals surface area contributed by atoms with Crippen molar-refractivity contribution in [2.75, 3.05) is 18.8 Å². The van der Waals surface area contributed by atoms with E-state index in [9.17, 15) is 9.90 Å². The van der Waals surface area contributed by atoms with E-state index in [1.165, 1.54) is 0 Å². The molecule has 1 heterocycles. The number of hydrogen-bond donors (Lipinski definition) is 2. The Morgan fingerprint density at radius 1 is 1.47 bits per heavy atom. The number of anilines is 1. The van der Waals surface area contributed by atoms with Crippen molar-refractivity contribution in [2.24, 2.45) is 0 Å². The smallest absolute Gasteiger partial charge is 0.254 e. The van der Waals surface area contributed by atoms with Crippen LogP contribution in [-0.4, -0.2) is 35.1 Å². The number of carbonyl (C=O) groups excluding carboxylic acids is 1. The van der Waals surface area contributed by atoms with Crippen molar-refractivity contribution in [3.05, 3.63) is 29.3 Å². The molecule has 1 saturated heterocycles. The van der Waals surface area contributed by atoms with Gasteiger partial charge >= 0.3 is 0 Å². The van der Waals surface area contributed by atoms with Crippen molar-refractivity contribution in [3.8, 4) is 0 Å². The summed E-state index contributed by atoms with van der Waals surface area (Å²) in [6, 6.07) is 5.36. The second-order valence-electron chi connectivity index (χ2n) is 4.68. The SMILES string of the molecule is Cc1cc(N)cc(C(=O)N2CCC[C@H](O)C2)c1. The molecule has 4 heteroatoms. The van der Waals surface area contributed by atoms with Crippen LogP contribution in [0.15, 0.2) is 18.2 Å². The van der Waals surface area contributed by atoms with Gasteiger partial charge in [-0.2, -0.15) is 0 Å². The number of likely N-dealkylation sites (tertiary alicyclic amines) is 1. The van der Waals surface area contributed by atoms with Gasteiger partial charge in [0, 0.05) is 24.3 Å². The summed E-state index contributed by atoms with van der Waals surface area (Å²) < 4.78 is 0. The van der Waals surface area contributed by atoms with Gasteiger partial charge in [-0.25, -0.2) is 0 Å². The van der Waals surface area contributed by atoms with Crippen molar-refractivity contribution >= 4 is 11.6 Å². The van der Waals surface area contributed by atoms with Crippen LogP contribution >= 0.6 is 0 Å². The first-order chi connectivity index (χ1) is 8.06. The van der Waals surface area contributed by atoms with Gasteiger partial charge < -0.3 is 15.7 Å². The molecule has 92 valence electrons. The first kappa shape index (κ1) is 11.9. The van der Waals surface area contributed by atoms with Crippen molar-refractivity contribution in [1.29, 1.82) is 0 Å². The first-order valence-corrected chi connectivity index (χ1v) is 5.91. The van der Waals surface area contributed by atoms with Crippen LogP contribution < -0.4 is 5.73 Å². The number of amides is 1. The van der Waals surface area contributed by atoms with Crippen molar-refractivity contribution in [3.63, 3.8) is 0 Å². The Hall–Kier alpha value is -1.55. The molecule has 1 aromatic carbocycles. The van der Waals surface area contributed by atoms with E-state index in [2.05, 4.69) is 0 Å². The molecule has 3 N–H and O–H groups in total. The minimum atomic E-state index is -0.394. The van der Waals surface area contributed by atoms with E-state index in [0.29, 0.717) is 24.3 Å². The molecular formula is C13H18N2O2. The van der Waals surface area contributed by atoms with Gasteiger partial charge in [-0.05, 0) is 43.5 Å². The molecule has 2 rings (SSSR count). The third-order valence-corrected chi connectivity index (χ3v) is 3.03. The fraction of sp³-hybridized carbons (Fsp3) is 0.462. The number of rotatable bonds is 1. The van der Waals surface area contributed by atoms with Gasteiger partial charge in [0.1, 0.15) is 0 Å². The number of benzene rings is 1. The maximum absolute atomic E-state index is 12.2. The molecule has 0 radical (unpaired) electrons. The van der Waals surface area contributed by atoms with E-state index < -0.39 is 6.10 Å². The Morgan fingerprint density at radius 3 is 2.88 bits per heavy atom. The molecule has 1 fully saturated rings. The van der Waals surface area contributed by atoms with Gasteiger partial charge in [0.15, 0.2) is 0 Å². The summed E-state index contributed by atoms with van der Waals surface area (Å²) in [7, 11) is 0. The Bertz CT molecular complexity index is 411. The van der Waals surface area contributed by atoms with Gasteiger partial charge in [-0.15, -0.1) is 0 Å². The topological polar surface area (TPSA) is 66.6 Å². The summed E-state index contributed by atoms with van der Waals surface area (Å²) in [4.78, 5) is 13.9. The predicted molar refractivity (Wildman–Crippen MR) is 66.7 cm³/mol. The second-order valence-corrected chi connectivity index (χ2v) is 4.68. The van der Waals surface area contributed by atoms with E-state index in [4.69, 9.17) is 5.73 Å². The van der Waals surface area contributed by atoms with Gasteiger partial charge in [-0.1, -0.05) is 0 Å². The van der Waals surface area contributed by atoms with E-state index in [-0.39, 0.29) is 5.91 Å². The molecule has 1 atom stereocenters. The van der Waals surface area contributed by atoms with E-state index in [1.807, 2.05) is 19.1 Å². The van der Waals surface area contributed by atoms with Crippen LogP contribution in [0, 0.1) is 6.92 Å². The molecule has 1 aromatic rings. The molecule has 4 nitrogen and oxygen atoms in total. The van der Waals surface area contributed by atoms with Crippen LogP contribution in [-0.2, 0) is 0 Å². The van der Waals surface area contributed by atoms with Crippen LogP contribution in [0.5, 0.6) is 0 Å². The van der Waals surface area contributed by atoms with Crippen molar-refractivity contribution < 1.29 is 9.90 Å². The predicted octanol–water partition coefficient (Wildman–Crippen LogP) is 1.17. The van der Waals surface area contributed by atoms with Gasteiger partial charge in [0.05, 0.1) is 6.10 Å². The molecule has 1 aliphatic rings.